The van der Waals surface area contributed by atoms with Crippen LogP contribution in [-0.2, 0) is 16.1 Å². The number of rotatable bonds is 9. The fourth-order valence-corrected chi connectivity index (χ4v) is 1.92. The highest BCUT2D eigenvalue weighted by molar-refractivity contribution is 5.81. The number of hydrogen-bond acceptors (Lipinski definition) is 3. The van der Waals surface area contributed by atoms with E-state index >= 15 is 0 Å². The highest BCUT2D eigenvalue weighted by atomic mass is 16.5. The molecule has 4 heteroatoms. The Hall–Kier alpha value is -1.39. The minimum absolute atomic E-state index is 0.0701. The first-order valence-electron chi connectivity index (χ1n) is 7.69. The number of carbonyl (C=O) groups is 1. The molecule has 1 amide bonds. The molecule has 0 aliphatic rings. The van der Waals surface area contributed by atoms with Gasteiger partial charge in [-0.05, 0) is 17.4 Å². The molecule has 4 nitrogen and oxygen atoms in total. The molecule has 0 aromatic heterocycles. The normalized spacial score (nSPS) is 15.2. The van der Waals surface area contributed by atoms with Crippen molar-refractivity contribution in [3.63, 3.8) is 0 Å². The second-order valence-corrected chi connectivity index (χ2v) is 5.76. The van der Waals surface area contributed by atoms with Gasteiger partial charge in [0.1, 0.15) is 0 Å². The third-order valence-electron chi connectivity index (χ3n) is 3.70. The summed E-state index contributed by atoms with van der Waals surface area (Å²) < 4.78 is 5.66. The predicted octanol–water partition coefficient (Wildman–Crippen LogP) is 2.33. The molecular weight excluding hydrogens is 264 g/mol. The van der Waals surface area contributed by atoms with Gasteiger partial charge in [-0.3, -0.25) is 4.79 Å². The maximum absolute atomic E-state index is 11.9. The van der Waals surface area contributed by atoms with Crippen LogP contribution in [0.1, 0.15) is 32.8 Å². The minimum atomic E-state index is -0.424. The van der Waals surface area contributed by atoms with Crippen LogP contribution in [0.3, 0.4) is 0 Å². The van der Waals surface area contributed by atoms with Crippen LogP contribution >= 0.6 is 0 Å². The molecular formula is C17H28N2O2. The molecule has 0 radical (unpaired) electrons. The van der Waals surface area contributed by atoms with Crippen molar-refractivity contribution in [1.82, 2.24) is 5.32 Å². The summed E-state index contributed by atoms with van der Waals surface area (Å²) in [5, 5.41) is 2.90. The number of ether oxygens (including phenoxy) is 1. The lowest BCUT2D eigenvalue weighted by Gasteiger charge is -2.19. The third-order valence-corrected chi connectivity index (χ3v) is 3.70. The van der Waals surface area contributed by atoms with E-state index in [0.29, 0.717) is 19.8 Å². The lowest BCUT2D eigenvalue weighted by Crippen LogP contribution is -2.46. The monoisotopic (exact) mass is 292 g/mol. The summed E-state index contributed by atoms with van der Waals surface area (Å²) in [6, 6.07) is 9.64. The van der Waals surface area contributed by atoms with Gasteiger partial charge in [-0.1, -0.05) is 57.5 Å². The highest BCUT2D eigenvalue weighted by Gasteiger charge is 2.19. The maximum atomic E-state index is 11.9. The molecule has 0 bridgehead atoms. The molecule has 0 heterocycles. The van der Waals surface area contributed by atoms with Crippen molar-refractivity contribution in [3.05, 3.63) is 35.9 Å². The molecule has 0 fully saturated rings. The van der Waals surface area contributed by atoms with E-state index in [9.17, 15) is 4.79 Å². The Balaban J connectivity index is 2.19. The van der Waals surface area contributed by atoms with E-state index in [1.54, 1.807) is 0 Å². The summed E-state index contributed by atoms with van der Waals surface area (Å²) >= 11 is 0. The van der Waals surface area contributed by atoms with Gasteiger partial charge in [0.15, 0.2) is 0 Å². The molecule has 21 heavy (non-hydrogen) atoms. The van der Waals surface area contributed by atoms with Gasteiger partial charge >= 0.3 is 0 Å². The molecule has 1 rings (SSSR count). The van der Waals surface area contributed by atoms with Gasteiger partial charge in [0.05, 0.1) is 19.3 Å². The molecule has 0 aliphatic carbocycles. The van der Waals surface area contributed by atoms with Gasteiger partial charge in [0.25, 0.3) is 0 Å². The number of hydrogen-bond donors (Lipinski definition) is 2. The van der Waals surface area contributed by atoms with Gasteiger partial charge in [-0.25, -0.2) is 0 Å². The Morgan fingerprint density at radius 1 is 1.29 bits per heavy atom. The van der Waals surface area contributed by atoms with Crippen molar-refractivity contribution in [2.45, 2.75) is 39.8 Å². The van der Waals surface area contributed by atoms with Crippen molar-refractivity contribution in [2.24, 2.45) is 17.6 Å². The molecule has 118 valence electrons. The van der Waals surface area contributed by atoms with E-state index in [1.165, 1.54) is 0 Å². The van der Waals surface area contributed by atoms with Gasteiger partial charge < -0.3 is 15.8 Å². The Morgan fingerprint density at radius 3 is 2.57 bits per heavy atom. The van der Waals surface area contributed by atoms with Crippen LogP contribution in [0.15, 0.2) is 30.3 Å². The molecule has 1 aromatic carbocycles. The average Bonchev–Trinajstić information content (AvgIpc) is 2.52. The Kier molecular flexibility index (Phi) is 8.01. The number of amides is 1. The van der Waals surface area contributed by atoms with E-state index in [0.717, 1.165) is 12.0 Å². The topological polar surface area (TPSA) is 64.4 Å². The SMILES string of the molecule is CCC(C)C(N)C(=O)NCC(C)COCc1ccccc1. The average molecular weight is 292 g/mol. The number of carbonyl (C=O) groups excluding carboxylic acids is 1. The summed E-state index contributed by atoms with van der Waals surface area (Å²) in [5.74, 6) is 0.399. The third kappa shape index (κ3) is 6.74. The smallest absolute Gasteiger partial charge is 0.237 e. The second-order valence-electron chi connectivity index (χ2n) is 5.76. The summed E-state index contributed by atoms with van der Waals surface area (Å²) in [6.07, 6.45) is 0.907. The second kappa shape index (κ2) is 9.53. The van der Waals surface area contributed by atoms with Gasteiger partial charge in [0.2, 0.25) is 5.91 Å². The Bertz CT molecular complexity index is 409. The first-order chi connectivity index (χ1) is 10.0. The fraction of sp³-hybridized carbons (Fsp3) is 0.588. The molecule has 1 aromatic rings. The minimum Gasteiger partial charge on any atom is -0.376 e. The van der Waals surface area contributed by atoms with Crippen molar-refractivity contribution in [3.8, 4) is 0 Å². The lowest BCUT2D eigenvalue weighted by atomic mass is 9.99. The molecule has 3 N–H and O–H groups in total. The van der Waals surface area contributed by atoms with Crippen molar-refractivity contribution >= 4 is 5.91 Å². The largest absolute Gasteiger partial charge is 0.376 e. The van der Waals surface area contributed by atoms with Gasteiger partial charge in [0, 0.05) is 6.54 Å². The zero-order chi connectivity index (χ0) is 15.7. The molecule has 0 spiro atoms. The molecule has 3 unspecified atom stereocenters. The quantitative estimate of drug-likeness (QED) is 0.734. The first kappa shape index (κ1) is 17.7. The molecule has 0 aliphatic heterocycles. The summed E-state index contributed by atoms with van der Waals surface area (Å²) in [6.45, 7) is 7.91. The van der Waals surface area contributed by atoms with E-state index < -0.39 is 6.04 Å². The zero-order valence-corrected chi connectivity index (χ0v) is 13.3. The molecule has 3 atom stereocenters. The standard InChI is InChI=1S/C17H28N2O2/c1-4-14(3)16(18)17(20)19-10-13(2)11-21-12-15-8-6-5-7-9-15/h5-9,13-14,16H,4,10-12,18H2,1-3H3,(H,19,20). The van der Waals surface area contributed by atoms with Gasteiger partial charge in [-0.2, -0.15) is 0 Å². The van der Waals surface area contributed by atoms with Gasteiger partial charge in [-0.15, -0.1) is 0 Å². The summed E-state index contributed by atoms with van der Waals surface area (Å²) in [4.78, 5) is 11.9. The maximum Gasteiger partial charge on any atom is 0.237 e. The van der Waals surface area contributed by atoms with E-state index in [2.05, 4.69) is 12.2 Å². The van der Waals surface area contributed by atoms with E-state index in [1.807, 2.05) is 44.2 Å². The van der Waals surface area contributed by atoms with Crippen LogP contribution in [0.4, 0.5) is 0 Å². The van der Waals surface area contributed by atoms with Crippen molar-refractivity contribution in [2.75, 3.05) is 13.2 Å². The Morgan fingerprint density at radius 2 is 1.95 bits per heavy atom. The number of nitrogens with one attached hydrogen (secondary N) is 1. The molecule has 0 saturated carbocycles. The van der Waals surface area contributed by atoms with Crippen LogP contribution in [0.5, 0.6) is 0 Å². The predicted molar refractivity (Wildman–Crippen MR) is 85.7 cm³/mol. The van der Waals surface area contributed by atoms with Crippen LogP contribution in [0.2, 0.25) is 0 Å². The molecule has 0 saturated heterocycles. The van der Waals surface area contributed by atoms with E-state index in [-0.39, 0.29) is 17.7 Å². The summed E-state index contributed by atoms with van der Waals surface area (Å²) in [5.41, 5.74) is 7.05. The fourth-order valence-electron chi connectivity index (χ4n) is 1.92. The van der Waals surface area contributed by atoms with Crippen LogP contribution in [-0.4, -0.2) is 25.1 Å². The number of benzene rings is 1. The van der Waals surface area contributed by atoms with Crippen LogP contribution in [0, 0.1) is 11.8 Å². The van der Waals surface area contributed by atoms with E-state index in [4.69, 9.17) is 10.5 Å². The van der Waals surface area contributed by atoms with Crippen molar-refractivity contribution in [1.29, 1.82) is 0 Å². The summed E-state index contributed by atoms with van der Waals surface area (Å²) in [7, 11) is 0. The first-order valence-corrected chi connectivity index (χ1v) is 7.69. The lowest BCUT2D eigenvalue weighted by molar-refractivity contribution is -0.123. The Labute approximate surface area is 128 Å². The van der Waals surface area contributed by atoms with Crippen LogP contribution in [0.25, 0.3) is 0 Å². The zero-order valence-electron chi connectivity index (χ0n) is 13.3. The van der Waals surface area contributed by atoms with Crippen molar-refractivity contribution < 1.29 is 9.53 Å². The number of nitrogens with two attached hydrogens (primary N) is 1. The highest BCUT2D eigenvalue weighted by Crippen LogP contribution is 2.06. The van der Waals surface area contributed by atoms with Crippen LogP contribution < -0.4 is 11.1 Å².